The van der Waals surface area contributed by atoms with Crippen molar-refractivity contribution in [2.75, 3.05) is 25.0 Å². The van der Waals surface area contributed by atoms with Gasteiger partial charge in [-0.15, -0.1) is 0 Å². The quantitative estimate of drug-likeness (QED) is 0.500. The number of nitrogens with one attached hydrogen (secondary N) is 1. The van der Waals surface area contributed by atoms with Gasteiger partial charge in [-0.1, -0.05) is 45.4 Å². The Hall–Kier alpha value is -2.49. The fourth-order valence-corrected chi connectivity index (χ4v) is 5.12. The standard InChI is InChI=1S/C21H20BrN3O4S/c22-17-8-6-15(7-9-17)19-13-21(29-24-19)23-14-20(26)16-4-3-5-18(12-16)30(27,28)25-10-1-2-11-25/h3-9,12-13,23H,1-2,10-11,14H2. The lowest BCUT2D eigenvalue weighted by atomic mass is 10.1. The van der Waals surface area contributed by atoms with Gasteiger partial charge < -0.3 is 9.84 Å². The maximum Gasteiger partial charge on any atom is 0.243 e. The maximum atomic E-state index is 12.7. The van der Waals surface area contributed by atoms with Crippen LogP contribution in [0.3, 0.4) is 0 Å². The van der Waals surface area contributed by atoms with Gasteiger partial charge in [0, 0.05) is 34.8 Å². The lowest BCUT2D eigenvalue weighted by Gasteiger charge is -2.15. The summed E-state index contributed by atoms with van der Waals surface area (Å²) in [5.41, 5.74) is 1.87. The number of aromatic nitrogens is 1. The molecular formula is C21H20BrN3O4S. The zero-order valence-electron chi connectivity index (χ0n) is 16.0. The van der Waals surface area contributed by atoms with Crippen molar-refractivity contribution in [3.05, 3.63) is 64.6 Å². The Morgan fingerprint density at radius 2 is 1.83 bits per heavy atom. The summed E-state index contributed by atoms with van der Waals surface area (Å²) in [6, 6.07) is 15.5. The Morgan fingerprint density at radius 3 is 2.57 bits per heavy atom. The first-order chi connectivity index (χ1) is 14.4. The number of hydrogen-bond acceptors (Lipinski definition) is 6. The van der Waals surface area contributed by atoms with Crippen LogP contribution in [0.4, 0.5) is 5.88 Å². The molecule has 1 aliphatic heterocycles. The largest absolute Gasteiger partial charge is 0.347 e. The second kappa shape index (κ2) is 8.71. The first kappa shape index (κ1) is 20.8. The average molecular weight is 490 g/mol. The van der Waals surface area contributed by atoms with Gasteiger partial charge in [-0.3, -0.25) is 4.79 Å². The van der Waals surface area contributed by atoms with Gasteiger partial charge in [0.2, 0.25) is 15.9 Å². The highest BCUT2D eigenvalue weighted by Gasteiger charge is 2.27. The number of nitrogens with zero attached hydrogens (tertiary/aromatic N) is 2. The van der Waals surface area contributed by atoms with Crippen molar-refractivity contribution in [2.24, 2.45) is 0 Å². The third-order valence-electron chi connectivity index (χ3n) is 4.93. The van der Waals surface area contributed by atoms with Crippen LogP contribution < -0.4 is 5.32 Å². The van der Waals surface area contributed by atoms with E-state index in [-0.39, 0.29) is 17.2 Å². The minimum absolute atomic E-state index is 0.0395. The monoisotopic (exact) mass is 489 g/mol. The number of carbonyl (C=O) groups excluding carboxylic acids is 1. The van der Waals surface area contributed by atoms with Crippen LogP contribution in [0.2, 0.25) is 0 Å². The third-order valence-corrected chi connectivity index (χ3v) is 7.36. The number of hydrogen-bond donors (Lipinski definition) is 1. The second-order valence-electron chi connectivity index (χ2n) is 7.00. The molecule has 0 spiro atoms. The molecule has 156 valence electrons. The molecule has 2 aromatic carbocycles. The van der Waals surface area contributed by atoms with Crippen LogP contribution in [0.1, 0.15) is 23.2 Å². The van der Waals surface area contributed by atoms with Crippen LogP contribution in [0, 0.1) is 0 Å². The van der Waals surface area contributed by atoms with Crippen molar-refractivity contribution < 1.29 is 17.7 Å². The zero-order chi connectivity index (χ0) is 21.1. The molecule has 9 heteroatoms. The van der Waals surface area contributed by atoms with Crippen LogP contribution in [-0.4, -0.2) is 43.3 Å². The number of halogens is 1. The van der Waals surface area contributed by atoms with Crippen LogP contribution >= 0.6 is 15.9 Å². The number of benzene rings is 2. The number of carbonyl (C=O) groups is 1. The normalized spacial score (nSPS) is 14.7. The molecule has 4 rings (SSSR count). The summed E-state index contributed by atoms with van der Waals surface area (Å²) in [4.78, 5) is 12.7. The zero-order valence-corrected chi connectivity index (χ0v) is 18.4. The fourth-order valence-electron chi connectivity index (χ4n) is 3.29. The number of sulfonamides is 1. The van der Waals surface area contributed by atoms with E-state index < -0.39 is 10.0 Å². The topological polar surface area (TPSA) is 92.5 Å². The van der Waals surface area contributed by atoms with Gasteiger partial charge in [-0.05, 0) is 37.1 Å². The molecular weight excluding hydrogens is 470 g/mol. The minimum atomic E-state index is -3.56. The van der Waals surface area contributed by atoms with Crippen LogP contribution in [0.25, 0.3) is 11.3 Å². The Balaban J connectivity index is 1.43. The van der Waals surface area contributed by atoms with E-state index in [0.29, 0.717) is 30.2 Å². The molecule has 2 heterocycles. The van der Waals surface area contributed by atoms with Crippen molar-refractivity contribution in [1.29, 1.82) is 0 Å². The first-order valence-corrected chi connectivity index (χ1v) is 11.8. The number of anilines is 1. The van der Waals surface area contributed by atoms with Crippen LogP contribution in [0.15, 0.2) is 68.5 Å². The predicted molar refractivity (Wildman–Crippen MR) is 117 cm³/mol. The van der Waals surface area contributed by atoms with E-state index in [4.69, 9.17) is 4.52 Å². The summed E-state index contributed by atoms with van der Waals surface area (Å²) >= 11 is 3.39. The van der Waals surface area contributed by atoms with Gasteiger partial charge in [-0.2, -0.15) is 4.31 Å². The van der Waals surface area contributed by atoms with Gasteiger partial charge in [0.25, 0.3) is 0 Å². The molecule has 1 aliphatic rings. The Kier molecular flexibility index (Phi) is 6.03. The van der Waals surface area contributed by atoms with Gasteiger partial charge >= 0.3 is 0 Å². The smallest absolute Gasteiger partial charge is 0.243 e. The average Bonchev–Trinajstić information content (AvgIpc) is 3.45. The van der Waals surface area contributed by atoms with E-state index in [2.05, 4.69) is 26.4 Å². The van der Waals surface area contributed by atoms with Crippen LogP contribution in [-0.2, 0) is 10.0 Å². The molecule has 0 unspecified atom stereocenters. The van der Waals surface area contributed by atoms with Gasteiger partial charge in [0.15, 0.2) is 5.78 Å². The van der Waals surface area contributed by atoms with E-state index in [1.807, 2.05) is 24.3 Å². The molecule has 3 aromatic rings. The highest BCUT2D eigenvalue weighted by atomic mass is 79.9. The predicted octanol–water partition coefficient (Wildman–Crippen LogP) is 4.18. The molecule has 1 saturated heterocycles. The number of rotatable bonds is 7. The molecule has 0 saturated carbocycles. The third kappa shape index (κ3) is 4.48. The maximum absolute atomic E-state index is 12.7. The molecule has 0 atom stereocenters. The fraction of sp³-hybridized carbons (Fsp3) is 0.238. The highest BCUT2D eigenvalue weighted by molar-refractivity contribution is 9.10. The second-order valence-corrected chi connectivity index (χ2v) is 9.85. The lowest BCUT2D eigenvalue weighted by molar-refractivity contribution is 0.100. The van der Waals surface area contributed by atoms with Crippen molar-refractivity contribution in [1.82, 2.24) is 9.46 Å². The summed E-state index contributed by atoms with van der Waals surface area (Å²) in [5, 5.41) is 6.92. The first-order valence-electron chi connectivity index (χ1n) is 9.53. The van der Waals surface area contributed by atoms with Crippen molar-refractivity contribution in [3.63, 3.8) is 0 Å². The molecule has 7 nitrogen and oxygen atoms in total. The van der Waals surface area contributed by atoms with E-state index in [1.165, 1.54) is 16.4 Å². The Morgan fingerprint density at radius 1 is 1.10 bits per heavy atom. The summed E-state index contributed by atoms with van der Waals surface area (Å²) in [6.45, 7) is 1.00. The molecule has 1 N–H and O–H groups in total. The molecule has 0 radical (unpaired) electrons. The molecule has 0 amide bonds. The van der Waals surface area contributed by atoms with E-state index in [1.54, 1.807) is 18.2 Å². The van der Waals surface area contributed by atoms with Crippen molar-refractivity contribution in [3.8, 4) is 11.3 Å². The highest BCUT2D eigenvalue weighted by Crippen LogP contribution is 2.24. The number of Topliss-reactive ketones (excluding diaryl/α,β-unsaturated/α-hetero) is 1. The SMILES string of the molecule is O=C(CNc1cc(-c2ccc(Br)cc2)no1)c1cccc(S(=O)(=O)N2CCCC2)c1. The molecule has 30 heavy (non-hydrogen) atoms. The Labute approximate surface area is 183 Å². The number of ketones is 1. The van der Waals surface area contributed by atoms with E-state index >= 15 is 0 Å². The molecule has 0 aliphatic carbocycles. The summed E-state index contributed by atoms with van der Waals surface area (Å²) in [7, 11) is -3.56. The van der Waals surface area contributed by atoms with Crippen molar-refractivity contribution in [2.45, 2.75) is 17.7 Å². The van der Waals surface area contributed by atoms with E-state index in [9.17, 15) is 13.2 Å². The van der Waals surface area contributed by atoms with Crippen molar-refractivity contribution >= 4 is 37.6 Å². The summed E-state index contributed by atoms with van der Waals surface area (Å²) in [6.07, 6.45) is 1.72. The van der Waals surface area contributed by atoms with Gasteiger partial charge in [0.05, 0.1) is 11.4 Å². The molecule has 1 aromatic heterocycles. The summed E-state index contributed by atoms with van der Waals surface area (Å²) < 4.78 is 33.1. The lowest BCUT2D eigenvalue weighted by Crippen LogP contribution is -2.28. The minimum Gasteiger partial charge on any atom is -0.347 e. The van der Waals surface area contributed by atoms with Crippen LogP contribution in [0.5, 0.6) is 0 Å². The van der Waals surface area contributed by atoms with E-state index in [0.717, 1.165) is 22.9 Å². The molecule has 0 bridgehead atoms. The van der Waals surface area contributed by atoms with Gasteiger partial charge in [0.1, 0.15) is 5.69 Å². The van der Waals surface area contributed by atoms with Gasteiger partial charge in [-0.25, -0.2) is 8.42 Å². The summed E-state index contributed by atoms with van der Waals surface area (Å²) in [5.74, 6) is 0.122. The Bertz CT molecular complexity index is 1150. The molecule has 1 fully saturated rings.